The molecule has 4 rings (SSSR count). The molecule has 7 heteroatoms. The van der Waals surface area contributed by atoms with E-state index in [2.05, 4.69) is 27.1 Å². The minimum absolute atomic E-state index is 0.409. The first-order valence-electron chi connectivity index (χ1n) is 9.10. The molecule has 2 heterocycles. The maximum atomic E-state index is 6.15. The molecular formula is C22H20N4O2S. The van der Waals surface area contributed by atoms with Crippen molar-refractivity contribution in [2.24, 2.45) is 0 Å². The van der Waals surface area contributed by atoms with Crippen LogP contribution < -0.4 is 14.8 Å². The summed E-state index contributed by atoms with van der Waals surface area (Å²) in [6.45, 7) is 3.73. The van der Waals surface area contributed by atoms with Crippen LogP contribution >= 0.6 is 11.8 Å². The average molecular weight is 404 g/mol. The lowest BCUT2D eigenvalue weighted by atomic mass is 10.1. The second kappa shape index (κ2) is 8.79. The van der Waals surface area contributed by atoms with Gasteiger partial charge < -0.3 is 14.8 Å². The number of para-hydroxylation sites is 1. The Morgan fingerprint density at radius 3 is 2.79 bits per heavy atom. The van der Waals surface area contributed by atoms with Crippen molar-refractivity contribution in [1.82, 2.24) is 15.2 Å². The zero-order valence-corrected chi connectivity index (χ0v) is 16.7. The second-order valence-corrected chi connectivity index (χ2v) is 7.20. The Labute approximate surface area is 173 Å². The first kappa shape index (κ1) is 19.0. The van der Waals surface area contributed by atoms with Crippen molar-refractivity contribution in [2.75, 3.05) is 18.2 Å². The Hall–Kier alpha value is -3.32. The Bertz CT molecular complexity index is 1040. The minimum atomic E-state index is -0.409. The minimum Gasteiger partial charge on any atom is -0.497 e. The van der Waals surface area contributed by atoms with Crippen LogP contribution in [0.2, 0.25) is 0 Å². The number of hydrogen-bond acceptors (Lipinski definition) is 7. The molecule has 1 aliphatic heterocycles. The highest BCUT2D eigenvalue weighted by Gasteiger charge is 2.23. The van der Waals surface area contributed by atoms with Gasteiger partial charge in [0.25, 0.3) is 0 Å². The van der Waals surface area contributed by atoms with Gasteiger partial charge in [0.15, 0.2) is 11.9 Å². The maximum Gasteiger partial charge on any atom is 0.247 e. The predicted molar refractivity (Wildman–Crippen MR) is 116 cm³/mol. The molecule has 0 amide bonds. The van der Waals surface area contributed by atoms with Gasteiger partial charge in [-0.1, -0.05) is 54.2 Å². The molecule has 1 aliphatic rings. The fourth-order valence-electron chi connectivity index (χ4n) is 2.86. The quantitative estimate of drug-likeness (QED) is 0.473. The van der Waals surface area contributed by atoms with E-state index in [0.717, 1.165) is 22.6 Å². The van der Waals surface area contributed by atoms with Crippen molar-refractivity contribution in [1.29, 1.82) is 0 Å². The highest BCUT2D eigenvalue weighted by Crippen LogP contribution is 2.36. The van der Waals surface area contributed by atoms with Crippen LogP contribution in [0.15, 0.2) is 72.4 Å². The van der Waals surface area contributed by atoms with E-state index < -0.39 is 6.23 Å². The molecule has 0 saturated carbocycles. The summed E-state index contributed by atoms with van der Waals surface area (Å²) in [7, 11) is 1.65. The van der Waals surface area contributed by atoms with E-state index in [1.165, 1.54) is 11.8 Å². The molecule has 3 aromatic rings. The van der Waals surface area contributed by atoms with Crippen LogP contribution in [0, 0.1) is 0 Å². The van der Waals surface area contributed by atoms with E-state index in [0.29, 0.717) is 22.5 Å². The molecule has 1 N–H and O–H groups in total. The summed E-state index contributed by atoms with van der Waals surface area (Å²) in [5.41, 5.74) is 3.48. The van der Waals surface area contributed by atoms with Crippen molar-refractivity contribution < 1.29 is 9.47 Å². The number of aromatic nitrogens is 3. The third-order valence-electron chi connectivity index (χ3n) is 4.26. The van der Waals surface area contributed by atoms with E-state index in [4.69, 9.17) is 9.47 Å². The summed E-state index contributed by atoms with van der Waals surface area (Å²) in [6.07, 6.45) is 5.34. The molecule has 146 valence electrons. The summed E-state index contributed by atoms with van der Waals surface area (Å²) in [5.74, 6) is 1.98. The Morgan fingerprint density at radius 1 is 1.17 bits per heavy atom. The van der Waals surface area contributed by atoms with Gasteiger partial charge in [0.2, 0.25) is 11.0 Å². The number of nitrogens with zero attached hydrogens (tertiary/aromatic N) is 3. The summed E-state index contributed by atoms with van der Waals surface area (Å²) in [6, 6.07) is 15.7. The van der Waals surface area contributed by atoms with Crippen LogP contribution in [0.5, 0.6) is 11.6 Å². The molecule has 0 unspecified atom stereocenters. The summed E-state index contributed by atoms with van der Waals surface area (Å²) < 4.78 is 11.4. The van der Waals surface area contributed by atoms with Crippen molar-refractivity contribution in [2.45, 2.75) is 11.4 Å². The van der Waals surface area contributed by atoms with Crippen molar-refractivity contribution in [3.63, 3.8) is 0 Å². The van der Waals surface area contributed by atoms with Crippen LogP contribution in [-0.2, 0) is 0 Å². The largest absolute Gasteiger partial charge is 0.497 e. The molecule has 0 aliphatic carbocycles. The number of hydrogen-bond donors (Lipinski definition) is 1. The van der Waals surface area contributed by atoms with Crippen molar-refractivity contribution in [3.8, 4) is 22.9 Å². The van der Waals surface area contributed by atoms with Crippen LogP contribution in [0.3, 0.4) is 0 Å². The molecule has 0 saturated heterocycles. The van der Waals surface area contributed by atoms with Gasteiger partial charge in [0.1, 0.15) is 5.75 Å². The van der Waals surface area contributed by atoms with E-state index in [1.807, 2.05) is 60.7 Å². The first-order valence-corrected chi connectivity index (χ1v) is 10.1. The standard InChI is InChI=1S/C22H20N4O2S/c1-3-14-29-22-24-21-20(25-26-22)17-6-4-5-7-18(17)23-19(28-21)13-10-15-8-11-16(27-2)12-9-15/h3-13,19,23H,1,14H2,2H3/t19-/m0/s1. The van der Waals surface area contributed by atoms with Gasteiger partial charge in [0.05, 0.1) is 7.11 Å². The lowest BCUT2D eigenvalue weighted by Gasteiger charge is -2.15. The number of rotatable bonds is 6. The van der Waals surface area contributed by atoms with Gasteiger partial charge in [-0.05, 0) is 29.8 Å². The topological polar surface area (TPSA) is 69.2 Å². The third-order valence-corrected chi connectivity index (χ3v) is 5.10. The molecule has 6 nitrogen and oxygen atoms in total. The number of thioether (sulfide) groups is 1. The number of anilines is 1. The number of benzene rings is 2. The Kier molecular flexibility index (Phi) is 5.76. The molecule has 0 bridgehead atoms. The lowest BCUT2D eigenvalue weighted by Crippen LogP contribution is -2.23. The van der Waals surface area contributed by atoms with Gasteiger partial charge in [-0.15, -0.1) is 16.8 Å². The SMILES string of the molecule is C=CCSc1nnc2c(n1)O[C@@H](C=Cc1ccc(OC)cc1)Nc1ccccc1-2. The fourth-order valence-corrected chi connectivity index (χ4v) is 3.38. The molecule has 0 spiro atoms. The summed E-state index contributed by atoms with van der Waals surface area (Å²) in [5, 5.41) is 12.5. The molecule has 1 atom stereocenters. The van der Waals surface area contributed by atoms with Gasteiger partial charge in [-0.25, -0.2) is 0 Å². The number of ether oxygens (including phenoxy) is 2. The predicted octanol–water partition coefficient (Wildman–Crippen LogP) is 4.67. The number of nitrogens with one attached hydrogen (secondary N) is 1. The zero-order chi connectivity index (χ0) is 20.1. The van der Waals surface area contributed by atoms with Gasteiger partial charge in [0, 0.05) is 17.0 Å². The summed E-state index contributed by atoms with van der Waals surface area (Å²) in [4.78, 5) is 4.57. The van der Waals surface area contributed by atoms with E-state index >= 15 is 0 Å². The molecule has 2 aromatic carbocycles. The molecule has 0 fully saturated rings. The zero-order valence-electron chi connectivity index (χ0n) is 15.9. The molecule has 0 radical (unpaired) electrons. The lowest BCUT2D eigenvalue weighted by molar-refractivity contribution is 0.266. The van der Waals surface area contributed by atoms with Crippen LogP contribution in [0.1, 0.15) is 5.56 Å². The van der Waals surface area contributed by atoms with Crippen LogP contribution in [0.25, 0.3) is 17.3 Å². The molecule has 29 heavy (non-hydrogen) atoms. The van der Waals surface area contributed by atoms with Crippen LogP contribution in [0.4, 0.5) is 5.69 Å². The van der Waals surface area contributed by atoms with E-state index in [1.54, 1.807) is 13.2 Å². The number of fused-ring (bicyclic) bond motifs is 3. The van der Waals surface area contributed by atoms with Crippen LogP contribution in [-0.4, -0.2) is 34.3 Å². The molecular weight excluding hydrogens is 384 g/mol. The smallest absolute Gasteiger partial charge is 0.247 e. The van der Waals surface area contributed by atoms with E-state index in [-0.39, 0.29) is 0 Å². The van der Waals surface area contributed by atoms with Gasteiger partial charge >= 0.3 is 0 Å². The monoisotopic (exact) mass is 404 g/mol. The first-order chi connectivity index (χ1) is 14.3. The third kappa shape index (κ3) is 4.41. The van der Waals surface area contributed by atoms with Gasteiger partial charge in [-0.3, -0.25) is 0 Å². The average Bonchev–Trinajstić information content (AvgIpc) is 2.92. The van der Waals surface area contributed by atoms with Gasteiger partial charge in [-0.2, -0.15) is 4.98 Å². The Morgan fingerprint density at radius 2 is 2.00 bits per heavy atom. The normalized spacial score (nSPS) is 14.9. The van der Waals surface area contributed by atoms with Crippen molar-refractivity contribution in [3.05, 3.63) is 72.8 Å². The Balaban J connectivity index is 1.65. The van der Waals surface area contributed by atoms with Crippen molar-refractivity contribution >= 4 is 23.5 Å². The molecule has 1 aromatic heterocycles. The number of methoxy groups -OCH3 is 1. The van der Waals surface area contributed by atoms with E-state index in [9.17, 15) is 0 Å². The fraction of sp³-hybridized carbons (Fsp3) is 0.136. The maximum absolute atomic E-state index is 6.15. The summed E-state index contributed by atoms with van der Waals surface area (Å²) >= 11 is 1.46. The second-order valence-electron chi connectivity index (χ2n) is 6.21. The highest BCUT2D eigenvalue weighted by molar-refractivity contribution is 7.99. The highest BCUT2D eigenvalue weighted by atomic mass is 32.2.